The van der Waals surface area contributed by atoms with Gasteiger partial charge in [-0.15, -0.1) is 11.3 Å². The Bertz CT molecular complexity index is 455. The Morgan fingerprint density at radius 1 is 1.62 bits per heavy atom. The van der Waals surface area contributed by atoms with Crippen LogP contribution in [0.25, 0.3) is 0 Å². The Hall–Kier alpha value is 0.0500. The fourth-order valence-electron chi connectivity index (χ4n) is 1.09. The molecular weight excluding hydrogens is 314 g/mol. The minimum atomic E-state index is -3.42. The van der Waals surface area contributed by atoms with E-state index in [-0.39, 0.29) is 12.6 Å². The fraction of sp³-hybridized carbons (Fsp3) is 0.556. The number of sulfonamides is 1. The number of aryl methyl sites for hydroxylation is 1. The van der Waals surface area contributed by atoms with Gasteiger partial charge in [0.05, 0.1) is 14.8 Å². The van der Waals surface area contributed by atoms with Crippen molar-refractivity contribution in [1.29, 1.82) is 0 Å². The van der Waals surface area contributed by atoms with Gasteiger partial charge in [-0.2, -0.15) is 0 Å². The molecule has 0 aliphatic heterocycles. The molecule has 0 fully saturated rings. The molecule has 1 N–H and O–H groups in total. The zero-order valence-corrected chi connectivity index (χ0v) is 12.5. The molecule has 7 heteroatoms. The van der Waals surface area contributed by atoms with Crippen LogP contribution in [0.2, 0.25) is 0 Å². The monoisotopic (exact) mass is 327 g/mol. The first-order valence-electron chi connectivity index (χ1n) is 4.65. The van der Waals surface area contributed by atoms with Gasteiger partial charge in [0.15, 0.2) is 0 Å². The molecule has 0 aromatic carbocycles. The summed E-state index contributed by atoms with van der Waals surface area (Å²) < 4.78 is 32.1. The summed E-state index contributed by atoms with van der Waals surface area (Å²) in [6, 6.07) is 1.61. The van der Waals surface area contributed by atoms with Crippen LogP contribution < -0.4 is 4.72 Å². The molecule has 4 nitrogen and oxygen atoms in total. The van der Waals surface area contributed by atoms with Crippen molar-refractivity contribution in [3.05, 3.63) is 14.7 Å². The lowest BCUT2D eigenvalue weighted by molar-refractivity contribution is 0.122. The number of nitrogens with one attached hydrogen (secondary N) is 1. The van der Waals surface area contributed by atoms with Gasteiger partial charge < -0.3 is 4.74 Å². The van der Waals surface area contributed by atoms with Crippen molar-refractivity contribution in [2.45, 2.75) is 24.8 Å². The third-order valence-electron chi connectivity index (χ3n) is 2.09. The number of hydrogen-bond acceptors (Lipinski definition) is 4. The Kier molecular flexibility index (Phi) is 4.93. The first-order chi connectivity index (χ1) is 7.36. The minimum absolute atomic E-state index is 0.142. The molecule has 1 aromatic heterocycles. The summed E-state index contributed by atoms with van der Waals surface area (Å²) in [4.78, 5) is 1.09. The first-order valence-corrected chi connectivity index (χ1v) is 7.74. The summed E-state index contributed by atoms with van der Waals surface area (Å²) in [6.07, 6.45) is -0.142. The molecule has 0 saturated carbocycles. The van der Waals surface area contributed by atoms with E-state index in [0.717, 1.165) is 8.66 Å². The molecule has 92 valence electrons. The zero-order valence-electron chi connectivity index (χ0n) is 9.28. The molecule has 1 heterocycles. The van der Waals surface area contributed by atoms with Crippen molar-refractivity contribution in [2.75, 3.05) is 13.7 Å². The van der Waals surface area contributed by atoms with E-state index >= 15 is 0 Å². The molecule has 0 aliphatic carbocycles. The van der Waals surface area contributed by atoms with Crippen molar-refractivity contribution < 1.29 is 13.2 Å². The van der Waals surface area contributed by atoms with Crippen LogP contribution in [0, 0.1) is 6.92 Å². The van der Waals surface area contributed by atoms with Crippen LogP contribution in [0.15, 0.2) is 14.7 Å². The van der Waals surface area contributed by atoms with E-state index in [4.69, 9.17) is 4.74 Å². The predicted molar refractivity (Wildman–Crippen MR) is 68.4 cm³/mol. The van der Waals surface area contributed by atoms with Gasteiger partial charge in [-0.1, -0.05) is 0 Å². The lowest BCUT2D eigenvalue weighted by Crippen LogP contribution is -2.31. The van der Waals surface area contributed by atoms with E-state index in [0.29, 0.717) is 4.90 Å². The average Bonchev–Trinajstić information content (AvgIpc) is 2.55. The molecule has 0 aliphatic rings. The maximum Gasteiger partial charge on any atom is 0.241 e. The highest BCUT2D eigenvalue weighted by Gasteiger charge is 2.19. The normalized spacial score (nSPS) is 14.0. The fourth-order valence-corrected chi connectivity index (χ4v) is 4.61. The van der Waals surface area contributed by atoms with Gasteiger partial charge in [0.1, 0.15) is 0 Å². The van der Waals surface area contributed by atoms with Crippen LogP contribution >= 0.6 is 27.3 Å². The summed E-state index contributed by atoms with van der Waals surface area (Å²) in [5.41, 5.74) is 0. The highest BCUT2D eigenvalue weighted by Crippen LogP contribution is 2.29. The summed E-state index contributed by atoms with van der Waals surface area (Å²) in [7, 11) is -1.88. The van der Waals surface area contributed by atoms with E-state index in [1.165, 1.54) is 11.3 Å². The van der Waals surface area contributed by atoms with Crippen LogP contribution in [0.1, 0.15) is 11.8 Å². The molecule has 1 aromatic rings. The van der Waals surface area contributed by atoms with E-state index in [1.807, 2.05) is 0 Å². The minimum Gasteiger partial charge on any atom is -0.380 e. The van der Waals surface area contributed by atoms with E-state index in [9.17, 15) is 8.42 Å². The summed E-state index contributed by atoms with van der Waals surface area (Å²) in [5.74, 6) is 0. The lowest BCUT2D eigenvalue weighted by atomic mass is 10.4. The SMILES string of the molecule is COC(C)CNS(=O)(=O)c1cc(Br)sc1C. The van der Waals surface area contributed by atoms with Crippen LogP contribution in [-0.2, 0) is 14.8 Å². The number of methoxy groups -OCH3 is 1. The highest BCUT2D eigenvalue weighted by atomic mass is 79.9. The Balaban J connectivity index is 2.82. The average molecular weight is 328 g/mol. The number of ether oxygens (including phenoxy) is 1. The Morgan fingerprint density at radius 3 is 2.69 bits per heavy atom. The maximum atomic E-state index is 11.9. The highest BCUT2D eigenvalue weighted by molar-refractivity contribution is 9.11. The predicted octanol–water partition coefficient (Wildman–Crippen LogP) is 2.13. The number of hydrogen-bond donors (Lipinski definition) is 1. The van der Waals surface area contributed by atoms with E-state index in [2.05, 4.69) is 20.7 Å². The summed E-state index contributed by atoms with van der Waals surface area (Å²) in [6.45, 7) is 3.86. The molecular formula is C9H14BrNO3S2. The Morgan fingerprint density at radius 2 is 2.25 bits per heavy atom. The molecule has 0 saturated heterocycles. The molecule has 16 heavy (non-hydrogen) atoms. The molecule has 0 bridgehead atoms. The van der Waals surface area contributed by atoms with Crippen LogP contribution in [0.5, 0.6) is 0 Å². The molecule has 1 unspecified atom stereocenters. The first kappa shape index (κ1) is 14.1. The lowest BCUT2D eigenvalue weighted by Gasteiger charge is -2.10. The quantitative estimate of drug-likeness (QED) is 0.901. The molecule has 0 spiro atoms. The third kappa shape index (κ3) is 3.53. The second kappa shape index (κ2) is 5.59. The molecule has 1 atom stereocenters. The van der Waals surface area contributed by atoms with Gasteiger partial charge in [0, 0.05) is 18.5 Å². The second-order valence-corrected chi connectivity index (χ2v) is 7.74. The Labute approximate surface area is 108 Å². The topological polar surface area (TPSA) is 55.4 Å². The molecule has 1 rings (SSSR count). The van der Waals surface area contributed by atoms with Gasteiger partial charge in [-0.25, -0.2) is 13.1 Å². The smallest absolute Gasteiger partial charge is 0.241 e. The third-order valence-corrected chi connectivity index (χ3v) is 5.33. The van der Waals surface area contributed by atoms with Crippen molar-refractivity contribution in [3.63, 3.8) is 0 Å². The van der Waals surface area contributed by atoms with E-state index in [1.54, 1.807) is 27.0 Å². The van der Waals surface area contributed by atoms with Gasteiger partial charge in [0.2, 0.25) is 10.0 Å². The van der Waals surface area contributed by atoms with Gasteiger partial charge in [-0.05, 0) is 35.8 Å². The van der Waals surface area contributed by atoms with Crippen LogP contribution in [0.4, 0.5) is 0 Å². The zero-order chi connectivity index (χ0) is 12.3. The van der Waals surface area contributed by atoms with Crippen LogP contribution in [-0.4, -0.2) is 28.2 Å². The van der Waals surface area contributed by atoms with E-state index < -0.39 is 10.0 Å². The maximum absolute atomic E-state index is 11.9. The van der Waals surface area contributed by atoms with Gasteiger partial charge >= 0.3 is 0 Å². The van der Waals surface area contributed by atoms with Crippen molar-refractivity contribution >= 4 is 37.3 Å². The number of rotatable bonds is 5. The summed E-state index contributed by atoms with van der Waals surface area (Å²) in [5, 5.41) is 0. The number of thiophene rings is 1. The summed E-state index contributed by atoms with van der Waals surface area (Å²) >= 11 is 4.67. The van der Waals surface area contributed by atoms with Crippen molar-refractivity contribution in [2.24, 2.45) is 0 Å². The van der Waals surface area contributed by atoms with Gasteiger partial charge in [0.25, 0.3) is 0 Å². The van der Waals surface area contributed by atoms with Crippen molar-refractivity contribution in [3.8, 4) is 0 Å². The molecule has 0 amide bonds. The van der Waals surface area contributed by atoms with Crippen molar-refractivity contribution in [1.82, 2.24) is 4.72 Å². The number of halogens is 1. The second-order valence-electron chi connectivity index (χ2n) is 3.37. The standard InChI is InChI=1S/C9H14BrNO3S2/c1-6(14-3)5-11-16(12,13)8-4-9(10)15-7(8)2/h4,6,11H,5H2,1-3H3. The molecule has 0 radical (unpaired) electrons. The van der Waals surface area contributed by atoms with Crippen LogP contribution in [0.3, 0.4) is 0 Å². The van der Waals surface area contributed by atoms with Gasteiger partial charge in [-0.3, -0.25) is 0 Å². The largest absolute Gasteiger partial charge is 0.380 e.